The molecular weight excluding hydrogens is 202 g/mol. The summed E-state index contributed by atoms with van der Waals surface area (Å²) in [6, 6.07) is -0.0689. The monoisotopic (exact) mass is 231 g/mol. The Morgan fingerprint density at radius 2 is 1.75 bits per heavy atom. The molecule has 0 rings (SSSR count). The van der Waals surface area contributed by atoms with Gasteiger partial charge in [0, 0.05) is 12.6 Å². The van der Waals surface area contributed by atoms with Gasteiger partial charge in [-0.3, -0.25) is 0 Å². The smallest absolute Gasteiger partial charge is 0.0958 e. The topological polar surface area (TPSA) is 55.5 Å². The Balaban J connectivity index is 3.55. The maximum absolute atomic E-state index is 9.18. The van der Waals surface area contributed by atoms with Crippen LogP contribution in [0.1, 0.15) is 52.9 Å². The van der Waals surface area contributed by atoms with Gasteiger partial charge in [0.25, 0.3) is 0 Å². The number of nitrogens with two attached hydrogens (primary N) is 1. The highest BCUT2D eigenvalue weighted by molar-refractivity contribution is 4.75. The van der Waals surface area contributed by atoms with E-state index in [4.69, 9.17) is 10.5 Å². The number of aliphatic hydroxyl groups is 1. The molecule has 2 unspecified atom stereocenters. The molecule has 3 heteroatoms. The number of hydrogen-bond donors (Lipinski definition) is 2. The molecule has 0 saturated heterocycles. The number of aliphatic hydroxyl groups excluding tert-OH is 1. The minimum atomic E-state index is -0.203. The molecule has 16 heavy (non-hydrogen) atoms. The summed E-state index contributed by atoms with van der Waals surface area (Å²) < 4.78 is 5.62. The van der Waals surface area contributed by atoms with Crippen LogP contribution in [0.3, 0.4) is 0 Å². The summed E-state index contributed by atoms with van der Waals surface area (Å²) in [5.41, 5.74) is 5.95. The largest absolute Gasteiger partial charge is 0.394 e. The Hall–Kier alpha value is -0.120. The molecule has 98 valence electrons. The highest BCUT2D eigenvalue weighted by atomic mass is 16.5. The predicted molar refractivity (Wildman–Crippen MR) is 68.4 cm³/mol. The van der Waals surface area contributed by atoms with Crippen molar-refractivity contribution in [3.05, 3.63) is 0 Å². The van der Waals surface area contributed by atoms with Gasteiger partial charge in [-0.05, 0) is 12.3 Å². The maximum atomic E-state index is 9.18. The van der Waals surface area contributed by atoms with Crippen molar-refractivity contribution in [2.45, 2.75) is 65.0 Å². The standard InChI is InChI=1S/C13H29NO2/c1-4-5-6-7-8-9-16-12(10-15)13(14)11(2)3/h11-13,15H,4-10,14H2,1-3H3. The zero-order chi connectivity index (χ0) is 12.4. The van der Waals surface area contributed by atoms with E-state index in [0.717, 1.165) is 13.0 Å². The molecule has 0 fully saturated rings. The van der Waals surface area contributed by atoms with E-state index in [1.165, 1.54) is 25.7 Å². The molecule has 0 spiro atoms. The molecule has 0 aliphatic heterocycles. The van der Waals surface area contributed by atoms with Crippen LogP contribution in [0, 0.1) is 5.92 Å². The first-order valence-corrected chi connectivity index (χ1v) is 6.61. The van der Waals surface area contributed by atoms with E-state index in [2.05, 4.69) is 20.8 Å². The normalized spacial score (nSPS) is 15.4. The first-order chi connectivity index (χ1) is 7.63. The van der Waals surface area contributed by atoms with Crippen LogP contribution in [0.25, 0.3) is 0 Å². The number of ether oxygens (including phenoxy) is 1. The van der Waals surface area contributed by atoms with E-state index in [0.29, 0.717) is 5.92 Å². The van der Waals surface area contributed by atoms with Gasteiger partial charge in [0.15, 0.2) is 0 Å². The van der Waals surface area contributed by atoms with Crippen molar-refractivity contribution in [3.8, 4) is 0 Å². The summed E-state index contributed by atoms with van der Waals surface area (Å²) >= 11 is 0. The highest BCUT2D eigenvalue weighted by Crippen LogP contribution is 2.09. The third-order valence-corrected chi connectivity index (χ3v) is 2.96. The minimum Gasteiger partial charge on any atom is -0.394 e. The number of rotatable bonds is 10. The first-order valence-electron chi connectivity index (χ1n) is 6.61. The van der Waals surface area contributed by atoms with Gasteiger partial charge >= 0.3 is 0 Å². The lowest BCUT2D eigenvalue weighted by atomic mass is 10.00. The molecule has 0 amide bonds. The molecule has 3 nitrogen and oxygen atoms in total. The van der Waals surface area contributed by atoms with Gasteiger partial charge < -0.3 is 15.6 Å². The Labute approximate surface area is 100 Å². The molecule has 0 aliphatic carbocycles. The summed E-state index contributed by atoms with van der Waals surface area (Å²) in [6.45, 7) is 7.06. The second-order valence-electron chi connectivity index (χ2n) is 4.83. The van der Waals surface area contributed by atoms with Gasteiger partial charge in [0.2, 0.25) is 0 Å². The summed E-state index contributed by atoms with van der Waals surface area (Å²) in [7, 11) is 0. The SMILES string of the molecule is CCCCCCCOC(CO)C(N)C(C)C. The first kappa shape index (κ1) is 15.9. The molecule has 0 saturated carbocycles. The third kappa shape index (κ3) is 7.20. The molecular formula is C13H29NO2. The second-order valence-corrected chi connectivity index (χ2v) is 4.83. The van der Waals surface area contributed by atoms with Crippen molar-refractivity contribution in [2.75, 3.05) is 13.2 Å². The van der Waals surface area contributed by atoms with Crippen LogP contribution in [0.2, 0.25) is 0 Å². The van der Waals surface area contributed by atoms with Crippen LogP contribution >= 0.6 is 0 Å². The molecule has 2 atom stereocenters. The van der Waals surface area contributed by atoms with Gasteiger partial charge in [-0.2, -0.15) is 0 Å². The van der Waals surface area contributed by atoms with Gasteiger partial charge in [-0.15, -0.1) is 0 Å². The Morgan fingerprint density at radius 1 is 1.12 bits per heavy atom. The van der Waals surface area contributed by atoms with E-state index >= 15 is 0 Å². The molecule has 0 aromatic heterocycles. The fourth-order valence-electron chi connectivity index (χ4n) is 1.66. The van der Waals surface area contributed by atoms with E-state index in [1.54, 1.807) is 0 Å². The minimum absolute atomic E-state index is 0.0221. The van der Waals surface area contributed by atoms with E-state index in [9.17, 15) is 5.11 Å². The van der Waals surface area contributed by atoms with Crippen molar-refractivity contribution < 1.29 is 9.84 Å². The molecule has 0 aromatic rings. The molecule has 0 bridgehead atoms. The van der Waals surface area contributed by atoms with Crippen LogP contribution in [0.4, 0.5) is 0 Å². The molecule has 0 radical (unpaired) electrons. The molecule has 3 N–H and O–H groups in total. The lowest BCUT2D eigenvalue weighted by molar-refractivity contribution is -0.0125. The summed E-state index contributed by atoms with van der Waals surface area (Å²) in [6.07, 6.45) is 5.92. The number of hydrogen-bond acceptors (Lipinski definition) is 3. The summed E-state index contributed by atoms with van der Waals surface area (Å²) in [5.74, 6) is 0.345. The molecule has 0 heterocycles. The zero-order valence-electron chi connectivity index (χ0n) is 11.1. The molecule has 0 aliphatic rings. The Morgan fingerprint density at radius 3 is 2.25 bits per heavy atom. The average molecular weight is 231 g/mol. The van der Waals surface area contributed by atoms with Crippen LogP contribution in [0.15, 0.2) is 0 Å². The Bertz CT molecular complexity index is 151. The maximum Gasteiger partial charge on any atom is 0.0958 e. The van der Waals surface area contributed by atoms with Crippen LogP contribution in [0.5, 0.6) is 0 Å². The summed E-state index contributed by atoms with van der Waals surface area (Å²) in [4.78, 5) is 0. The van der Waals surface area contributed by atoms with Crippen molar-refractivity contribution in [1.82, 2.24) is 0 Å². The van der Waals surface area contributed by atoms with Gasteiger partial charge in [0.05, 0.1) is 12.7 Å². The van der Waals surface area contributed by atoms with Gasteiger partial charge in [-0.1, -0.05) is 46.5 Å². The van der Waals surface area contributed by atoms with E-state index < -0.39 is 0 Å². The van der Waals surface area contributed by atoms with Crippen molar-refractivity contribution in [3.63, 3.8) is 0 Å². The van der Waals surface area contributed by atoms with Crippen LogP contribution < -0.4 is 5.73 Å². The quantitative estimate of drug-likeness (QED) is 0.567. The predicted octanol–water partition coefficient (Wildman–Crippen LogP) is 2.32. The van der Waals surface area contributed by atoms with Gasteiger partial charge in [0.1, 0.15) is 0 Å². The highest BCUT2D eigenvalue weighted by Gasteiger charge is 2.20. The van der Waals surface area contributed by atoms with Crippen LogP contribution in [-0.4, -0.2) is 30.5 Å². The van der Waals surface area contributed by atoms with Crippen molar-refractivity contribution in [2.24, 2.45) is 11.7 Å². The average Bonchev–Trinajstić information content (AvgIpc) is 2.27. The fraction of sp³-hybridized carbons (Fsp3) is 1.00. The molecule has 0 aromatic carbocycles. The van der Waals surface area contributed by atoms with E-state index in [-0.39, 0.29) is 18.8 Å². The fourth-order valence-corrected chi connectivity index (χ4v) is 1.66. The summed E-state index contributed by atoms with van der Waals surface area (Å²) in [5, 5.41) is 9.18. The van der Waals surface area contributed by atoms with E-state index in [1.807, 2.05) is 0 Å². The Kier molecular flexibility index (Phi) is 9.99. The van der Waals surface area contributed by atoms with Crippen molar-refractivity contribution in [1.29, 1.82) is 0 Å². The van der Waals surface area contributed by atoms with Gasteiger partial charge in [-0.25, -0.2) is 0 Å². The third-order valence-electron chi connectivity index (χ3n) is 2.96. The lowest BCUT2D eigenvalue weighted by Gasteiger charge is -2.25. The lowest BCUT2D eigenvalue weighted by Crippen LogP contribution is -2.43. The zero-order valence-corrected chi connectivity index (χ0v) is 11.1. The number of unbranched alkanes of at least 4 members (excludes halogenated alkanes) is 4. The second kappa shape index (κ2) is 10.1. The van der Waals surface area contributed by atoms with Crippen molar-refractivity contribution >= 4 is 0 Å². The van der Waals surface area contributed by atoms with Crippen LogP contribution in [-0.2, 0) is 4.74 Å².